The normalized spacial score (nSPS) is 15.7. The Morgan fingerprint density at radius 2 is 1.83 bits per heavy atom. The first kappa shape index (κ1) is 23.7. The smallest absolute Gasteiger partial charge is 0.331 e. The van der Waals surface area contributed by atoms with Crippen molar-refractivity contribution in [2.45, 2.75) is 32.4 Å². The van der Waals surface area contributed by atoms with E-state index in [1.807, 2.05) is 37.3 Å². The van der Waals surface area contributed by atoms with E-state index < -0.39 is 17.3 Å². The molecule has 36 heavy (non-hydrogen) atoms. The van der Waals surface area contributed by atoms with Gasteiger partial charge in [-0.05, 0) is 48.7 Å². The minimum absolute atomic E-state index is 0.177. The molecule has 1 aliphatic heterocycles. The van der Waals surface area contributed by atoms with Crippen molar-refractivity contribution >= 4 is 10.9 Å². The number of rotatable bonds is 7. The molecule has 0 saturated heterocycles. The fraction of sp³-hybridized carbons (Fsp3) is 0.333. The molecule has 2 aromatic carbocycles. The molecule has 3 heterocycles. The van der Waals surface area contributed by atoms with Gasteiger partial charge in [-0.25, -0.2) is 4.79 Å². The van der Waals surface area contributed by atoms with Crippen LogP contribution in [0.2, 0.25) is 0 Å². The zero-order chi connectivity index (χ0) is 25.4. The number of nitrogens with zero attached hydrogens (tertiary/aromatic N) is 2. The number of ether oxygens (including phenoxy) is 2. The first-order valence-corrected chi connectivity index (χ1v) is 12.1. The molecule has 9 heteroatoms. The Bertz CT molecular complexity index is 1530. The van der Waals surface area contributed by atoms with Crippen molar-refractivity contribution in [1.29, 1.82) is 0 Å². The summed E-state index contributed by atoms with van der Waals surface area (Å²) in [7, 11) is 3.13. The largest absolute Gasteiger partial charge is 0.494 e. The van der Waals surface area contributed by atoms with Crippen LogP contribution in [0, 0.1) is 0 Å². The van der Waals surface area contributed by atoms with Crippen molar-refractivity contribution in [1.82, 2.24) is 19.4 Å². The van der Waals surface area contributed by atoms with Gasteiger partial charge in [-0.3, -0.25) is 19.2 Å². The third-order valence-corrected chi connectivity index (χ3v) is 7.09. The third kappa shape index (κ3) is 3.95. The van der Waals surface area contributed by atoms with E-state index in [9.17, 15) is 14.7 Å². The monoisotopic (exact) mass is 490 g/mol. The van der Waals surface area contributed by atoms with Crippen molar-refractivity contribution in [2.24, 2.45) is 0 Å². The van der Waals surface area contributed by atoms with Crippen LogP contribution in [-0.4, -0.2) is 51.9 Å². The van der Waals surface area contributed by atoms with Crippen LogP contribution in [0.5, 0.6) is 17.4 Å². The fourth-order valence-electron chi connectivity index (χ4n) is 5.26. The standard InChI is InChI=1S/C27H30N4O5/c1-4-30-13-12-18-17-7-5-6-8-19(17)28-23(18)24(30)22-25(32)29-27(34)31(26(22)33)14-11-16-9-10-20(35-2)21(15-16)36-3/h5-10,15,24,28,33H,4,11-14H2,1-3H3,(H,29,32,34)/t24-/m1/s1. The first-order chi connectivity index (χ1) is 17.5. The van der Waals surface area contributed by atoms with Crippen LogP contribution >= 0.6 is 0 Å². The summed E-state index contributed by atoms with van der Waals surface area (Å²) in [6.07, 6.45) is 1.28. The molecule has 188 valence electrons. The van der Waals surface area contributed by atoms with E-state index in [4.69, 9.17) is 9.47 Å². The summed E-state index contributed by atoms with van der Waals surface area (Å²) in [6.45, 7) is 3.63. The van der Waals surface area contributed by atoms with Crippen molar-refractivity contribution in [3.8, 4) is 17.4 Å². The molecule has 0 spiro atoms. The van der Waals surface area contributed by atoms with Gasteiger partial charge in [-0.1, -0.05) is 31.2 Å². The second-order valence-electron chi connectivity index (χ2n) is 8.93. The Morgan fingerprint density at radius 3 is 2.58 bits per heavy atom. The van der Waals surface area contributed by atoms with Crippen LogP contribution in [0.4, 0.5) is 0 Å². The average molecular weight is 491 g/mol. The fourth-order valence-corrected chi connectivity index (χ4v) is 5.26. The molecule has 0 saturated carbocycles. The number of aromatic hydroxyl groups is 1. The van der Waals surface area contributed by atoms with E-state index in [0.29, 0.717) is 24.5 Å². The van der Waals surface area contributed by atoms with Gasteiger partial charge in [-0.2, -0.15) is 0 Å². The van der Waals surface area contributed by atoms with Crippen LogP contribution in [0.25, 0.3) is 10.9 Å². The highest BCUT2D eigenvalue weighted by Gasteiger charge is 2.35. The molecule has 0 amide bonds. The van der Waals surface area contributed by atoms with Crippen LogP contribution in [-0.2, 0) is 19.4 Å². The van der Waals surface area contributed by atoms with Crippen LogP contribution in [0.3, 0.4) is 0 Å². The first-order valence-electron chi connectivity index (χ1n) is 12.1. The van der Waals surface area contributed by atoms with Gasteiger partial charge >= 0.3 is 5.69 Å². The Kier molecular flexibility index (Phi) is 6.32. The molecule has 3 N–H and O–H groups in total. The number of likely N-dealkylation sites (N-methyl/N-ethyl adjacent to an activating group) is 1. The minimum Gasteiger partial charge on any atom is -0.494 e. The number of para-hydroxylation sites is 1. The van der Waals surface area contributed by atoms with Crippen LogP contribution < -0.4 is 20.7 Å². The molecule has 0 fully saturated rings. The van der Waals surface area contributed by atoms with E-state index in [1.54, 1.807) is 20.3 Å². The Hall–Kier alpha value is -3.98. The lowest BCUT2D eigenvalue weighted by Crippen LogP contribution is -2.41. The highest BCUT2D eigenvalue weighted by atomic mass is 16.5. The van der Waals surface area contributed by atoms with E-state index in [2.05, 4.69) is 20.9 Å². The van der Waals surface area contributed by atoms with Crippen molar-refractivity contribution < 1.29 is 14.6 Å². The number of fused-ring (bicyclic) bond motifs is 3. The van der Waals surface area contributed by atoms with Crippen molar-refractivity contribution in [3.05, 3.63) is 85.7 Å². The van der Waals surface area contributed by atoms with Gasteiger partial charge in [0.2, 0.25) is 5.88 Å². The summed E-state index contributed by atoms with van der Waals surface area (Å²) in [6, 6.07) is 13.1. The summed E-state index contributed by atoms with van der Waals surface area (Å²) in [5.74, 6) is 0.888. The minimum atomic E-state index is -0.641. The number of hydrogen-bond donors (Lipinski definition) is 3. The lowest BCUT2D eigenvalue weighted by molar-refractivity contribution is 0.214. The number of aromatic nitrogens is 3. The lowest BCUT2D eigenvalue weighted by atomic mass is 9.93. The van der Waals surface area contributed by atoms with Crippen LogP contribution in [0.1, 0.15) is 35.3 Å². The highest BCUT2D eigenvalue weighted by molar-refractivity contribution is 5.85. The molecule has 0 bridgehead atoms. The molecule has 0 unspecified atom stereocenters. The maximum Gasteiger partial charge on any atom is 0.331 e. The molecule has 1 aliphatic rings. The number of aromatic amines is 2. The summed E-state index contributed by atoms with van der Waals surface area (Å²) < 4.78 is 11.9. The van der Waals surface area contributed by atoms with Gasteiger partial charge in [0.05, 0.1) is 20.3 Å². The zero-order valence-electron chi connectivity index (χ0n) is 20.6. The van der Waals surface area contributed by atoms with Gasteiger partial charge in [0, 0.05) is 29.7 Å². The van der Waals surface area contributed by atoms with Gasteiger partial charge in [0.15, 0.2) is 11.5 Å². The lowest BCUT2D eigenvalue weighted by Gasteiger charge is -2.35. The molecular weight excluding hydrogens is 460 g/mol. The van der Waals surface area contributed by atoms with Crippen molar-refractivity contribution in [3.63, 3.8) is 0 Å². The number of hydrogen-bond acceptors (Lipinski definition) is 6. The van der Waals surface area contributed by atoms with Gasteiger partial charge in [0.1, 0.15) is 5.56 Å². The summed E-state index contributed by atoms with van der Waals surface area (Å²) in [5, 5.41) is 12.5. The van der Waals surface area contributed by atoms with Gasteiger partial charge in [-0.15, -0.1) is 0 Å². The van der Waals surface area contributed by atoms with E-state index in [1.165, 1.54) is 4.57 Å². The number of benzene rings is 2. The summed E-state index contributed by atoms with van der Waals surface area (Å²) in [5.41, 5.74) is 2.88. The number of methoxy groups -OCH3 is 2. The predicted octanol–water partition coefficient (Wildman–Crippen LogP) is 2.95. The van der Waals surface area contributed by atoms with Gasteiger partial charge in [0.25, 0.3) is 5.56 Å². The Balaban J connectivity index is 1.57. The quantitative estimate of drug-likeness (QED) is 0.367. The van der Waals surface area contributed by atoms with E-state index >= 15 is 0 Å². The predicted molar refractivity (Wildman–Crippen MR) is 137 cm³/mol. The number of aryl methyl sites for hydroxylation is 1. The highest BCUT2D eigenvalue weighted by Crippen LogP contribution is 2.39. The summed E-state index contributed by atoms with van der Waals surface area (Å²) in [4.78, 5) is 33.9. The second-order valence-corrected chi connectivity index (χ2v) is 8.93. The van der Waals surface area contributed by atoms with Crippen LogP contribution in [0.15, 0.2) is 52.1 Å². The van der Waals surface area contributed by atoms with E-state index in [0.717, 1.165) is 40.7 Å². The number of H-pyrrole nitrogens is 2. The number of nitrogens with one attached hydrogen (secondary N) is 2. The summed E-state index contributed by atoms with van der Waals surface area (Å²) >= 11 is 0. The molecule has 4 aromatic rings. The molecule has 9 nitrogen and oxygen atoms in total. The molecule has 2 aromatic heterocycles. The Morgan fingerprint density at radius 1 is 1.06 bits per heavy atom. The molecule has 1 atom stereocenters. The topological polar surface area (TPSA) is 113 Å². The molecule has 0 radical (unpaired) electrons. The SMILES string of the molecule is CCN1CCc2c([nH]c3ccccc23)[C@H]1c1c(O)n(CCc2ccc(OC)c(OC)c2)c(=O)[nH]c1=O. The van der Waals surface area contributed by atoms with Gasteiger partial charge < -0.3 is 19.6 Å². The van der Waals surface area contributed by atoms with Crippen molar-refractivity contribution in [2.75, 3.05) is 27.3 Å². The maximum absolute atomic E-state index is 13.1. The third-order valence-electron chi connectivity index (χ3n) is 7.09. The average Bonchev–Trinajstić information content (AvgIpc) is 3.27. The maximum atomic E-state index is 13.1. The second kappa shape index (κ2) is 9.58. The molecule has 5 rings (SSSR count). The molecular formula is C27H30N4O5. The molecule has 0 aliphatic carbocycles. The zero-order valence-corrected chi connectivity index (χ0v) is 20.6. The Labute approximate surface area is 207 Å². The van der Waals surface area contributed by atoms with E-state index in [-0.39, 0.29) is 18.0 Å².